The number of likely N-dealkylation sites (tertiary alicyclic amines) is 1. The van der Waals surface area contributed by atoms with Crippen molar-refractivity contribution in [1.29, 1.82) is 0 Å². The highest BCUT2D eigenvalue weighted by atomic mass is 16.1. The highest BCUT2D eigenvalue weighted by molar-refractivity contribution is 5.85. The van der Waals surface area contributed by atoms with Gasteiger partial charge in [0.1, 0.15) is 5.78 Å². The summed E-state index contributed by atoms with van der Waals surface area (Å²) < 4.78 is 0. The molecular weight excluding hydrogens is 228 g/mol. The molecule has 1 amide bonds. The van der Waals surface area contributed by atoms with Gasteiger partial charge in [-0.25, -0.2) is 0 Å². The maximum Gasteiger partial charge on any atom is 0.234 e. The lowest BCUT2D eigenvalue weighted by Crippen LogP contribution is -2.50. The molecule has 4 nitrogen and oxygen atoms in total. The maximum absolute atomic E-state index is 12.2. The molecule has 2 fully saturated rings. The largest absolute Gasteiger partial charge is 0.368 e. The fourth-order valence-corrected chi connectivity index (χ4v) is 3.26. The first-order valence-corrected chi connectivity index (χ1v) is 7.24. The van der Waals surface area contributed by atoms with Crippen LogP contribution in [0.1, 0.15) is 51.4 Å². The number of hydrogen-bond acceptors (Lipinski definition) is 3. The Labute approximate surface area is 109 Å². The van der Waals surface area contributed by atoms with Gasteiger partial charge in [-0.05, 0) is 32.2 Å². The Kier molecular flexibility index (Phi) is 4.75. The quantitative estimate of drug-likeness (QED) is 0.824. The normalized spacial score (nSPS) is 27.0. The van der Waals surface area contributed by atoms with Crippen LogP contribution in [0.15, 0.2) is 0 Å². The third kappa shape index (κ3) is 3.31. The molecule has 1 atom stereocenters. The first kappa shape index (κ1) is 13.5. The van der Waals surface area contributed by atoms with Crippen molar-refractivity contribution in [2.45, 2.75) is 57.4 Å². The van der Waals surface area contributed by atoms with Gasteiger partial charge in [-0.2, -0.15) is 0 Å². The molecule has 18 heavy (non-hydrogen) atoms. The standard InChI is InChI=1S/C14H24N2O2/c15-14(18)12-8-4-5-9-16(12)10-13(17)11-6-2-1-3-7-11/h11-12H,1-10H2,(H2,15,18). The van der Waals surface area contributed by atoms with E-state index in [4.69, 9.17) is 5.73 Å². The molecule has 1 saturated heterocycles. The lowest BCUT2D eigenvalue weighted by molar-refractivity contribution is -0.129. The topological polar surface area (TPSA) is 63.4 Å². The van der Waals surface area contributed by atoms with E-state index in [1.165, 1.54) is 19.3 Å². The minimum absolute atomic E-state index is 0.216. The van der Waals surface area contributed by atoms with Crippen LogP contribution in [-0.2, 0) is 9.59 Å². The predicted molar refractivity (Wildman–Crippen MR) is 70.0 cm³/mol. The Hall–Kier alpha value is -0.900. The van der Waals surface area contributed by atoms with E-state index in [9.17, 15) is 9.59 Å². The van der Waals surface area contributed by atoms with E-state index in [1.807, 2.05) is 4.90 Å². The lowest BCUT2D eigenvalue weighted by Gasteiger charge is -2.34. The minimum atomic E-state index is -0.272. The second-order valence-electron chi connectivity index (χ2n) is 5.69. The van der Waals surface area contributed by atoms with Crippen LogP contribution in [0, 0.1) is 5.92 Å². The van der Waals surface area contributed by atoms with E-state index in [0.29, 0.717) is 12.3 Å². The summed E-state index contributed by atoms with van der Waals surface area (Å²) in [7, 11) is 0. The van der Waals surface area contributed by atoms with E-state index in [2.05, 4.69) is 0 Å². The number of primary amides is 1. The summed E-state index contributed by atoms with van der Waals surface area (Å²) >= 11 is 0. The third-order valence-corrected chi connectivity index (χ3v) is 4.36. The number of hydrogen-bond donors (Lipinski definition) is 1. The van der Waals surface area contributed by atoms with Gasteiger partial charge in [-0.3, -0.25) is 14.5 Å². The molecule has 2 N–H and O–H groups in total. The van der Waals surface area contributed by atoms with Crippen LogP contribution < -0.4 is 5.73 Å². The van der Waals surface area contributed by atoms with E-state index >= 15 is 0 Å². The number of rotatable bonds is 4. The van der Waals surface area contributed by atoms with Gasteiger partial charge in [0.2, 0.25) is 5.91 Å². The molecule has 2 rings (SSSR count). The molecule has 1 saturated carbocycles. The molecule has 1 heterocycles. The second kappa shape index (κ2) is 6.32. The molecule has 102 valence electrons. The Balaban J connectivity index is 1.89. The molecular formula is C14H24N2O2. The Morgan fingerprint density at radius 2 is 1.67 bits per heavy atom. The molecule has 0 bridgehead atoms. The van der Waals surface area contributed by atoms with Crippen LogP contribution in [0.25, 0.3) is 0 Å². The highest BCUT2D eigenvalue weighted by Crippen LogP contribution is 2.25. The van der Waals surface area contributed by atoms with E-state index in [1.54, 1.807) is 0 Å². The summed E-state index contributed by atoms with van der Waals surface area (Å²) in [6, 6.07) is -0.216. The molecule has 1 aliphatic carbocycles. The summed E-state index contributed by atoms with van der Waals surface area (Å²) in [6.45, 7) is 1.27. The van der Waals surface area contributed by atoms with Crippen LogP contribution in [-0.4, -0.2) is 35.7 Å². The molecule has 2 aliphatic rings. The molecule has 0 aromatic rings. The monoisotopic (exact) mass is 252 g/mol. The summed E-state index contributed by atoms with van der Waals surface area (Å²) in [5, 5.41) is 0. The number of piperidine rings is 1. The predicted octanol–water partition coefficient (Wildman–Crippen LogP) is 1.48. The first-order valence-electron chi connectivity index (χ1n) is 7.24. The van der Waals surface area contributed by atoms with Gasteiger partial charge < -0.3 is 5.73 Å². The fraction of sp³-hybridized carbons (Fsp3) is 0.857. The van der Waals surface area contributed by atoms with E-state index < -0.39 is 0 Å². The Morgan fingerprint density at radius 1 is 1.00 bits per heavy atom. The Bertz CT molecular complexity index is 311. The molecule has 0 spiro atoms. The number of carbonyl (C=O) groups excluding carboxylic acids is 2. The molecule has 1 unspecified atom stereocenters. The Morgan fingerprint density at radius 3 is 2.33 bits per heavy atom. The molecule has 1 aliphatic heterocycles. The van der Waals surface area contributed by atoms with Gasteiger partial charge >= 0.3 is 0 Å². The van der Waals surface area contributed by atoms with E-state index in [0.717, 1.165) is 38.6 Å². The average molecular weight is 252 g/mol. The highest BCUT2D eigenvalue weighted by Gasteiger charge is 2.30. The van der Waals surface area contributed by atoms with Gasteiger partial charge in [0.15, 0.2) is 0 Å². The molecule has 0 aromatic heterocycles. The number of carbonyl (C=O) groups is 2. The summed E-state index contributed by atoms with van der Waals surface area (Å²) in [6.07, 6.45) is 8.61. The van der Waals surface area contributed by atoms with Gasteiger partial charge in [0.05, 0.1) is 12.6 Å². The van der Waals surface area contributed by atoms with Crippen LogP contribution in [0.3, 0.4) is 0 Å². The zero-order chi connectivity index (χ0) is 13.0. The van der Waals surface area contributed by atoms with Crippen LogP contribution in [0.5, 0.6) is 0 Å². The van der Waals surface area contributed by atoms with Gasteiger partial charge in [0.25, 0.3) is 0 Å². The third-order valence-electron chi connectivity index (χ3n) is 4.36. The summed E-state index contributed by atoms with van der Waals surface area (Å²) in [5.41, 5.74) is 5.42. The number of nitrogens with zero attached hydrogens (tertiary/aromatic N) is 1. The van der Waals surface area contributed by atoms with Crippen molar-refractivity contribution in [3.05, 3.63) is 0 Å². The van der Waals surface area contributed by atoms with Crippen LogP contribution in [0.2, 0.25) is 0 Å². The summed E-state index contributed by atoms with van der Waals surface area (Å²) in [5.74, 6) is 0.281. The van der Waals surface area contributed by atoms with Gasteiger partial charge in [-0.1, -0.05) is 25.7 Å². The molecule has 4 heteroatoms. The second-order valence-corrected chi connectivity index (χ2v) is 5.69. The SMILES string of the molecule is NC(=O)C1CCCCN1CC(=O)C1CCCCC1. The van der Waals surface area contributed by atoms with Crippen molar-refractivity contribution in [1.82, 2.24) is 4.90 Å². The number of ketones is 1. The zero-order valence-electron chi connectivity index (χ0n) is 11.1. The molecule has 0 aromatic carbocycles. The average Bonchev–Trinajstić information content (AvgIpc) is 2.40. The van der Waals surface area contributed by atoms with Gasteiger partial charge in [0, 0.05) is 5.92 Å². The number of nitrogens with two attached hydrogens (primary N) is 1. The van der Waals surface area contributed by atoms with Gasteiger partial charge in [-0.15, -0.1) is 0 Å². The van der Waals surface area contributed by atoms with Crippen molar-refractivity contribution in [2.75, 3.05) is 13.1 Å². The van der Waals surface area contributed by atoms with Crippen molar-refractivity contribution in [2.24, 2.45) is 11.7 Å². The zero-order valence-corrected chi connectivity index (χ0v) is 11.1. The number of Topliss-reactive ketones (excluding diaryl/α,β-unsaturated/α-hetero) is 1. The maximum atomic E-state index is 12.2. The van der Waals surface area contributed by atoms with Crippen molar-refractivity contribution < 1.29 is 9.59 Å². The van der Waals surface area contributed by atoms with Crippen LogP contribution >= 0.6 is 0 Å². The summed E-state index contributed by atoms with van der Waals surface area (Å²) in [4.78, 5) is 25.6. The number of amides is 1. The first-order chi connectivity index (χ1) is 8.68. The van der Waals surface area contributed by atoms with E-state index in [-0.39, 0.29) is 17.9 Å². The van der Waals surface area contributed by atoms with Crippen molar-refractivity contribution >= 4 is 11.7 Å². The van der Waals surface area contributed by atoms with Crippen LogP contribution in [0.4, 0.5) is 0 Å². The minimum Gasteiger partial charge on any atom is -0.368 e. The van der Waals surface area contributed by atoms with Crippen molar-refractivity contribution in [3.8, 4) is 0 Å². The molecule has 0 radical (unpaired) electrons. The smallest absolute Gasteiger partial charge is 0.234 e. The lowest BCUT2D eigenvalue weighted by atomic mass is 9.85. The van der Waals surface area contributed by atoms with Crippen molar-refractivity contribution in [3.63, 3.8) is 0 Å². The fourth-order valence-electron chi connectivity index (χ4n) is 3.26.